The third-order valence-corrected chi connectivity index (χ3v) is 6.11. The Kier molecular flexibility index (Phi) is 4.53. The van der Waals surface area contributed by atoms with E-state index in [1.54, 1.807) is 0 Å². The maximum absolute atomic E-state index is 13.3. The lowest BCUT2D eigenvalue weighted by Gasteiger charge is -2.31. The second kappa shape index (κ2) is 7.14. The molecule has 1 fully saturated rings. The summed E-state index contributed by atoms with van der Waals surface area (Å²) in [4.78, 5) is 19.7. The first kappa shape index (κ1) is 19.7. The number of imidazole rings is 1. The van der Waals surface area contributed by atoms with Crippen molar-refractivity contribution in [1.29, 1.82) is 0 Å². The molecule has 0 bridgehead atoms. The molecular formula is C23H27N7O. The molecule has 8 heteroatoms. The fourth-order valence-corrected chi connectivity index (χ4v) is 4.32. The fourth-order valence-electron chi connectivity index (χ4n) is 4.32. The van der Waals surface area contributed by atoms with Crippen LogP contribution in [-0.2, 0) is 5.41 Å². The van der Waals surface area contributed by atoms with Crippen LogP contribution >= 0.6 is 0 Å². The standard InChI is InChI=1S/C23H27N7O/c1-15-20(29-12-6-5-7-18(29)24-15)22(31)28-13-10-16(11-14-28)21-26-25-19-9-8-17(23(2,3)4)27-30(19)21/h5-9,12,16H,10-11,13-14H2,1-4H3. The molecule has 0 radical (unpaired) electrons. The second-order valence-electron chi connectivity index (χ2n) is 9.34. The highest BCUT2D eigenvalue weighted by molar-refractivity contribution is 5.94. The minimum atomic E-state index is -0.0443. The first-order valence-electron chi connectivity index (χ1n) is 10.8. The average molecular weight is 418 g/mol. The van der Waals surface area contributed by atoms with E-state index in [0.29, 0.717) is 18.8 Å². The topological polar surface area (TPSA) is 80.7 Å². The van der Waals surface area contributed by atoms with Crippen molar-refractivity contribution in [3.05, 3.63) is 59.4 Å². The number of carbonyl (C=O) groups excluding carboxylic acids is 1. The van der Waals surface area contributed by atoms with E-state index < -0.39 is 0 Å². The molecule has 0 N–H and O–H groups in total. The molecule has 31 heavy (non-hydrogen) atoms. The summed E-state index contributed by atoms with van der Waals surface area (Å²) < 4.78 is 3.77. The number of piperidine rings is 1. The fraction of sp³-hybridized carbons (Fsp3) is 0.435. The zero-order chi connectivity index (χ0) is 21.8. The van der Waals surface area contributed by atoms with Crippen LogP contribution < -0.4 is 0 Å². The van der Waals surface area contributed by atoms with Crippen LogP contribution in [0.2, 0.25) is 0 Å². The van der Waals surface area contributed by atoms with Gasteiger partial charge in [-0.05, 0) is 44.0 Å². The summed E-state index contributed by atoms with van der Waals surface area (Å²) in [6, 6.07) is 9.78. The molecule has 0 spiro atoms. The van der Waals surface area contributed by atoms with Crippen LogP contribution in [0.15, 0.2) is 36.5 Å². The van der Waals surface area contributed by atoms with Gasteiger partial charge in [-0.15, -0.1) is 10.2 Å². The van der Waals surface area contributed by atoms with Gasteiger partial charge in [-0.3, -0.25) is 9.20 Å². The van der Waals surface area contributed by atoms with Crippen LogP contribution in [0, 0.1) is 6.92 Å². The quantitative estimate of drug-likeness (QED) is 0.499. The van der Waals surface area contributed by atoms with Crippen molar-refractivity contribution >= 4 is 17.2 Å². The van der Waals surface area contributed by atoms with Gasteiger partial charge >= 0.3 is 0 Å². The summed E-state index contributed by atoms with van der Waals surface area (Å²) in [7, 11) is 0. The van der Waals surface area contributed by atoms with Gasteiger partial charge < -0.3 is 4.90 Å². The van der Waals surface area contributed by atoms with E-state index >= 15 is 0 Å². The number of fused-ring (bicyclic) bond motifs is 2. The molecule has 160 valence electrons. The van der Waals surface area contributed by atoms with E-state index in [1.807, 2.05) is 57.3 Å². The molecule has 0 atom stereocenters. The van der Waals surface area contributed by atoms with Crippen LogP contribution in [0.3, 0.4) is 0 Å². The number of pyridine rings is 1. The van der Waals surface area contributed by atoms with Crippen molar-refractivity contribution in [2.75, 3.05) is 13.1 Å². The number of likely N-dealkylation sites (tertiary alicyclic amines) is 1. The van der Waals surface area contributed by atoms with Gasteiger partial charge in [-0.2, -0.15) is 9.61 Å². The van der Waals surface area contributed by atoms with Crippen molar-refractivity contribution in [2.45, 2.75) is 51.9 Å². The van der Waals surface area contributed by atoms with Gasteiger partial charge in [-0.1, -0.05) is 26.8 Å². The highest BCUT2D eigenvalue weighted by atomic mass is 16.2. The maximum Gasteiger partial charge on any atom is 0.272 e. The van der Waals surface area contributed by atoms with Crippen LogP contribution in [0.4, 0.5) is 0 Å². The molecule has 0 unspecified atom stereocenters. The SMILES string of the molecule is Cc1nc2ccccn2c1C(=O)N1CCC(c2nnc3ccc(C(C)(C)C)nn23)CC1. The van der Waals surface area contributed by atoms with Crippen molar-refractivity contribution in [3.63, 3.8) is 0 Å². The lowest BCUT2D eigenvalue weighted by atomic mass is 9.92. The Morgan fingerprint density at radius 1 is 1.03 bits per heavy atom. The van der Waals surface area contributed by atoms with Crippen LogP contribution in [-0.4, -0.2) is 53.1 Å². The van der Waals surface area contributed by atoms with E-state index in [0.717, 1.165) is 41.3 Å². The van der Waals surface area contributed by atoms with Gasteiger partial charge in [0.1, 0.15) is 11.3 Å². The Morgan fingerprint density at radius 3 is 2.55 bits per heavy atom. The van der Waals surface area contributed by atoms with Crippen molar-refractivity contribution < 1.29 is 4.79 Å². The minimum Gasteiger partial charge on any atom is -0.337 e. The van der Waals surface area contributed by atoms with E-state index in [-0.39, 0.29) is 17.2 Å². The Hall–Kier alpha value is -3.29. The molecule has 1 aliphatic rings. The molecule has 4 aromatic heterocycles. The Balaban J connectivity index is 1.37. The van der Waals surface area contributed by atoms with Gasteiger partial charge in [0.15, 0.2) is 11.5 Å². The molecule has 1 saturated heterocycles. The molecule has 8 nitrogen and oxygen atoms in total. The number of rotatable bonds is 2. The van der Waals surface area contributed by atoms with E-state index in [9.17, 15) is 4.79 Å². The third kappa shape index (κ3) is 3.36. The smallest absolute Gasteiger partial charge is 0.272 e. The molecule has 1 amide bonds. The van der Waals surface area contributed by atoms with Crippen LogP contribution in [0.1, 0.15) is 67.2 Å². The number of nitrogens with zero attached hydrogens (tertiary/aromatic N) is 7. The Morgan fingerprint density at radius 2 is 1.81 bits per heavy atom. The number of hydrogen-bond acceptors (Lipinski definition) is 5. The highest BCUT2D eigenvalue weighted by Crippen LogP contribution is 2.29. The lowest BCUT2D eigenvalue weighted by molar-refractivity contribution is 0.0702. The number of aryl methyl sites for hydroxylation is 1. The molecule has 0 saturated carbocycles. The third-order valence-electron chi connectivity index (χ3n) is 6.11. The highest BCUT2D eigenvalue weighted by Gasteiger charge is 2.30. The van der Waals surface area contributed by atoms with Gasteiger partial charge in [0.2, 0.25) is 0 Å². The van der Waals surface area contributed by atoms with Gasteiger partial charge in [0.05, 0.1) is 11.4 Å². The predicted octanol–water partition coefficient (Wildman–Crippen LogP) is 3.40. The Labute approximate surface area is 180 Å². The molecular weight excluding hydrogens is 390 g/mol. The van der Waals surface area contributed by atoms with E-state index in [4.69, 9.17) is 5.10 Å². The zero-order valence-corrected chi connectivity index (χ0v) is 18.4. The van der Waals surface area contributed by atoms with Crippen LogP contribution in [0.5, 0.6) is 0 Å². The van der Waals surface area contributed by atoms with Gasteiger partial charge in [0, 0.05) is 30.6 Å². The summed E-state index contributed by atoms with van der Waals surface area (Å²) in [5.41, 5.74) is 3.95. The normalized spacial score (nSPS) is 15.8. The largest absolute Gasteiger partial charge is 0.337 e. The number of amides is 1. The summed E-state index contributed by atoms with van der Waals surface area (Å²) in [5, 5.41) is 13.6. The summed E-state index contributed by atoms with van der Waals surface area (Å²) >= 11 is 0. The second-order valence-corrected chi connectivity index (χ2v) is 9.34. The number of carbonyl (C=O) groups is 1. The summed E-state index contributed by atoms with van der Waals surface area (Å²) in [6.45, 7) is 9.70. The van der Waals surface area contributed by atoms with Crippen molar-refractivity contribution in [3.8, 4) is 0 Å². The molecule has 5 heterocycles. The molecule has 5 rings (SSSR count). The monoisotopic (exact) mass is 417 g/mol. The first-order chi connectivity index (χ1) is 14.8. The lowest BCUT2D eigenvalue weighted by Crippen LogP contribution is -2.39. The minimum absolute atomic E-state index is 0.0360. The summed E-state index contributed by atoms with van der Waals surface area (Å²) in [5.74, 6) is 1.15. The summed E-state index contributed by atoms with van der Waals surface area (Å²) in [6.07, 6.45) is 3.57. The predicted molar refractivity (Wildman–Crippen MR) is 117 cm³/mol. The zero-order valence-electron chi connectivity index (χ0n) is 18.4. The van der Waals surface area contributed by atoms with Crippen molar-refractivity contribution in [2.24, 2.45) is 0 Å². The molecule has 0 aliphatic carbocycles. The average Bonchev–Trinajstić information content (AvgIpc) is 3.32. The van der Waals surface area contributed by atoms with Crippen molar-refractivity contribution in [1.82, 2.24) is 34.1 Å². The molecule has 0 aromatic carbocycles. The van der Waals surface area contributed by atoms with Crippen LogP contribution in [0.25, 0.3) is 11.3 Å². The van der Waals surface area contributed by atoms with E-state index in [2.05, 4.69) is 36.0 Å². The van der Waals surface area contributed by atoms with E-state index in [1.165, 1.54) is 0 Å². The number of hydrogen-bond donors (Lipinski definition) is 0. The number of aromatic nitrogens is 6. The molecule has 1 aliphatic heterocycles. The van der Waals surface area contributed by atoms with Gasteiger partial charge in [0.25, 0.3) is 5.91 Å². The molecule has 4 aromatic rings. The maximum atomic E-state index is 13.3. The van der Waals surface area contributed by atoms with Gasteiger partial charge in [-0.25, -0.2) is 4.98 Å². The Bertz CT molecular complexity index is 1270. The first-order valence-corrected chi connectivity index (χ1v) is 10.8.